The summed E-state index contributed by atoms with van der Waals surface area (Å²) in [7, 11) is 0. The smallest absolute Gasteiger partial charge is 0.320 e. The van der Waals surface area contributed by atoms with Gasteiger partial charge in [0.05, 0.1) is 6.54 Å². The lowest BCUT2D eigenvalue weighted by Crippen LogP contribution is -2.53. The highest BCUT2D eigenvalue weighted by atomic mass is 32.2. The SMILES string of the molecule is Cc1nnc(CN2CCN(C(=O)N3CCSCC3)CC2)s1. The third kappa shape index (κ3) is 3.87. The maximum Gasteiger partial charge on any atom is 0.320 e. The Bertz CT molecular complexity index is 481. The molecule has 6 nitrogen and oxygen atoms in total. The van der Waals surface area contributed by atoms with Crippen molar-refractivity contribution in [3.8, 4) is 0 Å². The summed E-state index contributed by atoms with van der Waals surface area (Å²) in [6.45, 7) is 8.12. The molecule has 0 aromatic carbocycles. The highest BCUT2D eigenvalue weighted by Crippen LogP contribution is 2.15. The molecule has 8 heteroatoms. The lowest BCUT2D eigenvalue weighted by Gasteiger charge is -2.38. The first-order valence-electron chi connectivity index (χ1n) is 7.35. The molecular formula is C13H21N5OS2. The van der Waals surface area contributed by atoms with Gasteiger partial charge in [-0.2, -0.15) is 11.8 Å². The van der Waals surface area contributed by atoms with Crippen molar-refractivity contribution in [3.63, 3.8) is 0 Å². The molecular weight excluding hydrogens is 306 g/mol. The van der Waals surface area contributed by atoms with Gasteiger partial charge < -0.3 is 9.80 Å². The van der Waals surface area contributed by atoms with Crippen LogP contribution in [-0.2, 0) is 6.54 Å². The molecule has 0 unspecified atom stereocenters. The normalized spacial score (nSPS) is 20.8. The molecule has 2 saturated heterocycles. The molecule has 0 N–H and O–H groups in total. The number of carbonyl (C=O) groups is 1. The molecule has 116 valence electrons. The van der Waals surface area contributed by atoms with E-state index in [4.69, 9.17) is 0 Å². The number of aromatic nitrogens is 2. The molecule has 21 heavy (non-hydrogen) atoms. The maximum absolute atomic E-state index is 12.4. The Balaban J connectivity index is 1.47. The predicted molar refractivity (Wildman–Crippen MR) is 85.8 cm³/mol. The second-order valence-electron chi connectivity index (χ2n) is 5.36. The zero-order valence-corrected chi connectivity index (χ0v) is 14.0. The lowest BCUT2D eigenvalue weighted by atomic mass is 10.3. The molecule has 1 aromatic heterocycles. The average Bonchev–Trinajstić information content (AvgIpc) is 2.93. The van der Waals surface area contributed by atoms with Crippen molar-refractivity contribution in [2.45, 2.75) is 13.5 Å². The zero-order valence-electron chi connectivity index (χ0n) is 12.3. The molecule has 3 heterocycles. The van der Waals surface area contributed by atoms with Crippen LogP contribution in [0.25, 0.3) is 0 Å². The summed E-state index contributed by atoms with van der Waals surface area (Å²) in [6.07, 6.45) is 0. The Kier molecular flexibility index (Phi) is 4.97. The van der Waals surface area contributed by atoms with Crippen LogP contribution in [0.2, 0.25) is 0 Å². The quantitative estimate of drug-likeness (QED) is 0.815. The molecule has 2 amide bonds. The molecule has 0 aliphatic carbocycles. The summed E-state index contributed by atoms with van der Waals surface area (Å²) in [4.78, 5) is 18.8. The monoisotopic (exact) mass is 327 g/mol. The molecule has 0 bridgehead atoms. The Hall–Kier alpha value is -0.860. The van der Waals surface area contributed by atoms with Gasteiger partial charge in [0.1, 0.15) is 10.0 Å². The topological polar surface area (TPSA) is 52.6 Å². The van der Waals surface area contributed by atoms with E-state index in [1.807, 2.05) is 28.5 Å². The van der Waals surface area contributed by atoms with Crippen molar-refractivity contribution in [1.82, 2.24) is 24.9 Å². The Morgan fingerprint density at radius 3 is 2.33 bits per heavy atom. The number of urea groups is 1. The summed E-state index contributed by atoms with van der Waals surface area (Å²) in [6, 6.07) is 0.224. The van der Waals surface area contributed by atoms with E-state index in [2.05, 4.69) is 15.1 Å². The first-order valence-corrected chi connectivity index (χ1v) is 9.32. The third-order valence-corrected chi connectivity index (χ3v) is 5.62. The first-order chi connectivity index (χ1) is 10.2. The Morgan fingerprint density at radius 2 is 1.71 bits per heavy atom. The number of aryl methyl sites for hydroxylation is 1. The number of hydrogen-bond donors (Lipinski definition) is 0. The van der Waals surface area contributed by atoms with Crippen molar-refractivity contribution in [2.75, 3.05) is 50.8 Å². The van der Waals surface area contributed by atoms with Gasteiger partial charge in [-0.15, -0.1) is 21.5 Å². The second-order valence-corrected chi connectivity index (χ2v) is 7.85. The summed E-state index contributed by atoms with van der Waals surface area (Å²) >= 11 is 3.59. The van der Waals surface area contributed by atoms with Gasteiger partial charge in [0.15, 0.2) is 0 Å². The van der Waals surface area contributed by atoms with Crippen LogP contribution in [0, 0.1) is 6.92 Å². The minimum absolute atomic E-state index is 0.224. The number of nitrogens with zero attached hydrogens (tertiary/aromatic N) is 5. The molecule has 0 atom stereocenters. The Morgan fingerprint density at radius 1 is 1.05 bits per heavy atom. The van der Waals surface area contributed by atoms with E-state index in [1.54, 1.807) is 11.3 Å². The van der Waals surface area contributed by atoms with E-state index < -0.39 is 0 Å². The molecule has 0 radical (unpaired) electrons. The maximum atomic E-state index is 12.4. The average molecular weight is 327 g/mol. The van der Waals surface area contributed by atoms with E-state index in [0.717, 1.165) is 67.3 Å². The van der Waals surface area contributed by atoms with Crippen LogP contribution >= 0.6 is 23.1 Å². The van der Waals surface area contributed by atoms with E-state index in [1.165, 1.54) is 0 Å². The van der Waals surface area contributed by atoms with Crippen LogP contribution in [0.3, 0.4) is 0 Å². The third-order valence-electron chi connectivity index (χ3n) is 3.85. The van der Waals surface area contributed by atoms with Crippen molar-refractivity contribution in [2.24, 2.45) is 0 Å². The van der Waals surface area contributed by atoms with E-state index in [0.29, 0.717) is 0 Å². The minimum Gasteiger partial charge on any atom is -0.323 e. The fraction of sp³-hybridized carbons (Fsp3) is 0.769. The van der Waals surface area contributed by atoms with Crippen LogP contribution < -0.4 is 0 Å². The second kappa shape index (κ2) is 6.93. The van der Waals surface area contributed by atoms with Gasteiger partial charge in [0.2, 0.25) is 0 Å². The van der Waals surface area contributed by atoms with Crippen molar-refractivity contribution < 1.29 is 4.79 Å². The number of hydrogen-bond acceptors (Lipinski definition) is 6. The highest BCUT2D eigenvalue weighted by molar-refractivity contribution is 7.99. The van der Waals surface area contributed by atoms with E-state index in [-0.39, 0.29) is 6.03 Å². The molecule has 0 saturated carbocycles. The van der Waals surface area contributed by atoms with Crippen LogP contribution in [0.4, 0.5) is 4.79 Å². The summed E-state index contributed by atoms with van der Waals surface area (Å²) < 4.78 is 0. The number of carbonyl (C=O) groups excluding carboxylic acids is 1. The van der Waals surface area contributed by atoms with E-state index >= 15 is 0 Å². The van der Waals surface area contributed by atoms with Crippen LogP contribution in [0.5, 0.6) is 0 Å². The fourth-order valence-electron chi connectivity index (χ4n) is 2.64. The van der Waals surface area contributed by atoms with Crippen LogP contribution in [-0.4, -0.2) is 81.7 Å². The van der Waals surface area contributed by atoms with Crippen LogP contribution in [0.1, 0.15) is 10.0 Å². The van der Waals surface area contributed by atoms with Gasteiger partial charge in [-0.05, 0) is 6.92 Å². The number of rotatable bonds is 2. The van der Waals surface area contributed by atoms with Gasteiger partial charge in [-0.25, -0.2) is 4.79 Å². The molecule has 2 fully saturated rings. The number of thioether (sulfide) groups is 1. The standard InChI is InChI=1S/C13H21N5OS2/c1-11-14-15-12(21-11)10-16-2-4-17(5-3-16)13(19)18-6-8-20-9-7-18/h2-10H2,1H3. The lowest BCUT2D eigenvalue weighted by molar-refractivity contribution is 0.112. The molecule has 1 aromatic rings. The number of piperazine rings is 1. The first kappa shape index (κ1) is 15.1. The number of amides is 2. The van der Waals surface area contributed by atoms with Gasteiger partial charge in [0, 0.05) is 50.8 Å². The van der Waals surface area contributed by atoms with Gasteiger partial charge >= 0.3 is 6.03 Å². The zero-order chi connectivity index (χ0) is 14.7. The van der Waals surface area contributed by atoms with E-state index in [9.17, 15) is 4.79 Å². The van der Waals surface area contributed by atoms with Crippen LogP contribution in [0.15, 0.2) is 0 Å². The minimum atomic E-state index is 0.224. The molecule has 2 aliphatic heterocycles. The Labute approximate surface area is 133 Å². The summed E-state index contributed by atoms with van der Waals surface area (Å²) in [5.74, 6) is 2.14. The van der Waals surface area contributed by atoms with Crippen molar-refractivity contribution in [3.05, 3.63) is 10.0 Å². The van der Waals surface area contributed by atoms with Gasteiger partial charge in [0.25, 0.3) is 0 Å². The van der Waals surface area contributed by atoms with Crippen molar-refractivity contribution in [1.29, 1.82) is 0 Å². The fourth-order valence-corrected chi connectivity index (χ4v) is 4.30. The molecule has 0 spiro atoms. The predicted octanol–water partition coefficient (Wildman–Crippen LogP) is 1.13. The largest absolute Gasteiger partial charge is 0.323 e. The molecule has 2 aliphatic rings. The summed E-state index contributed by atoms with van der Waals surface area (Å²) in [5, 5.41) is 10.3. The van der Waals surface area contributed by atoms with Gasteiger partial charge in [-0.1, -0.05) is 0 Å². The van der Waals surface area contributed by atoms with Crippen molar-refractivity contribution >= 4 is 29.1 Å². The molecule has 3 rings (SSSR count). The van der Waals surface area contributed by atoms with Gasteiger partial charge in [-0.3, -0.25) is 4.90 Å². The highest BCUT2D eigenvalue weighted by Gasteiger charge is 2.26. The summed E-state index contributed by atoms with van der Waals surface area (Å²) in [5.41, 5.74) is 0.